The molecule has 1 fully saturated rings. The predicted molar refractivity (Wildman–Crippen MR) is 111 cm³/mol. The van der Waals surface area contributed by atoms with E-state index < -0.39 is 30.5 Å². The van der Waals surface area contributed by atoms with Crippen LogP contribution in [0.5, 0.6) is 0 Å². The van der Waals surface area contributed by atoms with Gasteiger partial charge in [-0.2, -0.15) is 18.3 Å². The Morgan fingerprint density at radius 3 is 2.59 bits per heavy atom. The molecule has 32 heavy (non-hydrogen) atoms. The van der Waals surface area contributed by atoms with Gasteiger partial charge >= 0.3 is 6.18 Å². The van der Waals surface area contributed by atoms with Crippen LogP contribution >= 0.6 is 0 Å². The maximum atomic E-state index is 13.9. The molecule has 0 spiro atoms. The highest BCUT2D eigenvalue weighted by Gasteiger charge is 2.46. The third-order valence-electron chi connectivity index (χ3n) is 5.82. The van der Waals surface area contributed by atoms with Crippen molar-refractivity contribution in [3.05, 3.63) is 59.7 Å². The standard InChI is InChI=1S/C22H22F5N5/c1-12(15-6-7-32-19(8-15)18(10-30-32)13(2)22(25,26)27)17-9-28-20(31-14(17)3)29-11-21(23,24)16-4-5-16/h6-10,13,16H,1,4-5,11H2,2-3H3,(H,28,29,31). The fourth-order valence-corrected chi connectivity index (χ4v) is 3.55. The van der Waals surface area contributed by atoms with E-state index in [1.54, 1.807) is 25.3 Å². The van der Waals surface area contributed by atoms with Gasteiger partial charge in [-0.05, 0) is 50.0 Å². The van der Waals surface area contributed by atoms with E-state index in [2.05, 4.69) is 27.0 Å². The number of aryl methyl sites for hydroxylation is 1. The molecule has 170 valence electrons. The van der Waals surface area contributed by atoms with Crippen LogP contribution in [0.2, 0.25) is 0 Å². The van der Waals surface area contributed by atoms with Crippen molar-refractivity contribution in [3.63, 3.8) is 0 Å². The van der Waals surface area contributed by atoms with Gasteiger partial charge in [-0.1, -0.05) is 6.58 Å². The Kier molecular flexibility index (Phi) is 5.42. The van der Waals surface area contributed by atoms with Crippen molar-refractivity contribution in [1.29, 1.82) is 0 Å². The first-order valence-corrected chi connectivity index (χ1v) is 10.2. The highest BCUT2D eigenvalue weighted by molar-refractivity contribution is 5.81. The number of nitrogens with zero attached hydrogens (tertiary/aromatic N) is 4. The smallest absolute Gasteiger partial charge is 0.348 e. The number of alkyl halides is 5. The maximum absolute atomic E-state index is 13.9. The van der Waals surface area contributed by atoms with Crippen molar-refractivity contribution in [2.24, 2.45) is 5.92 Å². The minimum Gasteiger partial charge on any atom is -0.348 e. The molecule has 0 saturated heterocycles. The summed E-state index contributed by atoms with van der Waals surface area (Å²) in [5.41, 5.74) is 2.56. The van der Waals surface area contributed by atoms with Gasteiger partial charge in [0.2, 0.25) is 5.95 Å². The van der Waals surface area contributed by atoms with E-state index in [1.165, 1.54) is 16.9 Å². The van der Waals surface area contributed by atoms with Crippen LogP contribution in [0, 0.1) is 12.8 Å². The molecular formula is C22H22F5N5. The van der Waals surface area contributed by atoms with Gasteiger partial charge in [0.15, 0.2) is 0 Å². The van der Waals surface area contributed by atoms with Gasteiger partial charge < -0.3 is 5.32 Å². The van der Waals surface area contributed by atoms with Crippen molar-refractivity contribution in [2.45, 2.75) is 44.7 Å². The van der Waals surface area contributed by atoms with Crippen LogP contribution in [0.25, 0.3) is 11.1 Å². The van der Waals surface area contributed by atoms with Gasteiger partial charge in [0.05, 0.1) is 29.9 Å². The number of rotatable bonds is 7. The summed E-state index contributed by atoms with van der Waals surface area (Å²) < 4.78 is 68.8. The lowest BCUT2D eigenvalue weighted by atomic mass is 9.98. The summed E-state index contributed by atoms with van der Waals surface area (Å²) in [5.74, 6) is -4.97. The van der Waals surface area contributed by atoms with Crippen molar-refractivity contribution in [2.75, 3.05) is 11.9 Å². The third-order valence-corrected chi connectivity index (χ3v) is 5.82. The topological polar surface area (TPSA) is 55.1 Å². The van der Waals surface area contributed by atoms with Gasteiger partial charge in [-0.15, -0.1) is 0 Å². The molecule has 10 heteroatoms. The first kappa shape index (κ1) is 22.2. The van der Waals surface area contributed by atoms with Crippen molar-refractivity contribution < 1.29 is 22.0 Å². The molecule has 0 aliphatic heterocycles. The Morgan fingerprint density at radius 2 is 1.97 bits per heavy atom. The number of hydrogen-bond acceptors (Lipinski definition) is 4. The summed E-state index contributed by atoms with van der Waals surface area (Å²) in [6.07, 6.45) is 0.916. The molecule has 1 N–H and O–H groups in total. The van der Waals surface area contributed by atoms with Crippen LogP contribution in [-0.2, 0) is 0 Å². The normalized spacial score (nSPS) is 15.7. The lowest BCUT2D eigenvalue weighted by molar-refractivity contribution is -0.146. The lowest BCUT2D eigenvalue weighted by Gasteiger charge is -2.17. The molecule has 4 rings (SSSR count). The summed E-state index contributed by atoms with van der Waals surface area (Å²) in [7, 11) is 0. The number of anilines is 1. The molecule has 0 radical (unpaired) electrons. The largest absolute Gasteiger partial charge is 0.395 e. The summed E-state index contributed by atoms with van der Waals surface area (Å²) in [6.45, 7) is 6.30. The SMILES string of the molecule is C=C(c1ccn2ncc(C(C)C(F)(F)F)c2c1)c1cnc(NCC(F)(F)C2CC2)nc1C. The third kappa shape index (κ3) is 4.31. The molecule has 0 amide bonds. The maximum Gasteiger partial charge on any atom is 0.395 e. The zero-order valence-electron chi connectivity index (χ0n) is 17.5. The summed E-state index contributed by atoms with van der Waals surface area (Å²) in [5, 5.41) is 6.59. The molecule has 0 aromatic carbocycles. The fraction of sp³-hybridized carbons (Fsp3) is 0.409. The number of nitrogens with one attached hydrogen (secondary N) is 1. The van der Waals surface area contributed by atoms with Crippen LogP contribution in [0.4, 0.5) is 27.9 Å². The zero-order chi connectivity index (χ0) is 23.3. The number of fused-ring (bicyclic) bond motifs is 1. The number of hydrogen-bond donors (Lipinski definition) is 1. The molecule has 1 atom stereocenters. The van der Waals surface area contributed by atoms with Crippen LogP contribution in [0.3, 0.4) is 0 Å². The molecular weight excluding hydrogens is 429 g/mol. The Bertz CT molecular complexity index is 1160. The lowest BCUT2D eigenvalue weighted by Crippen LogP contribution is -2.30. The second-order valence-corrected chi connectivity index (χ2v) is 8.17. The zero-order valence-corrected chi connectivity index (χ0v) is 17.5. The van der Waals surface area contributed by atoms with Crippen molar-refractivity contribution >= 4 is 17.0 Å². The predicted octanol–water partition coefficient (Wildman–Crippen LogP) is 5.62. The first-order chi connectivity index (χ1) is 15.0. The second-order valence-electron chi connectivity index (χ2n) is 8.17. The van der Waals surface area contributed by atoms with E-state index in [1.807, 2.05) is 0 Å². The number of pyridine rings is 1. The molecule has 3 heterocycles. The Balaban J connectivity index is 1.57. The fourth-order valence-electron chi connectivity index (χ4n) is 3.55. The Morgan fingerprint density at radius 1 is 1.25 bits per heavy atom. The van der Waals surface area contributed by atoms with Gasteiger partial charge in [-0.25, -0.2) is 23.3 Å². The molecule has 0 bridgehead atoms. The minimum absolute atomic E-state index is 0.0660. The highest BCUT2D eigenvalue weighted by Crippen LogP contribution is 2.43. The quantitative estimate of drug-likeness (QED) is 0.474. The number of aromatic nitrogens is 4. The van der Waals surface area contributed by atoms with E-state index >= 15 is 0 Å². The van der Waals surface area contributed by atoms with E-state index in [9.17, 15) is 22.0 Å². The molecule has 3 aromatic rings. The van der Waals surface area contributed by atoms with Crippen LogP contribution < -0.4 is 5.32 Å². The van der Waals surface area contributed by atoms with Gasteiger partial charge in [-0.3, -0.25) is 0 Å². The average Bonchev–Trinajstić information content (AvgIpc) is 3.51. The van der Waals surface area contributed by atoms with E-state index in [4.69, 9.17) is 0 Å². The summed E-state index contributed by atoms with van der Waals surface area (Å²) in [4.78, 5) is 8.37. The van der Waals surface area contributed by atoms with Crippen molar-refractivity contribution in [1.82, 2.24) is 19.6 Å². The average molecular weight is 451 g/mol. The van der Waals surface area contributed by atoms with E-state index in [0.29, 0.717) is 40.8 Å². The molecule has 1 aliphatic rings. The number of halogens is 5. The molecule has 5 nitrogen and oxygen atoms in total. The monoisotopic (exact) mass is 451 g/mol. The van der Waals surface area contributed by atoms with Gasteiger partial charge in [0, 0.05) is 29.4 Å². The summed E-state index contributed by atoms with van der Waals surface area (Å²) in [6, 6.07) is 3.28. The second kappa shape index (κ2) is 7.83. The van der Waals surface area contributed by atoms with Crippen LogP contribution in [-0.4, -0.2) is 38.2 Å². The van der Waals surface area contributed by atoms with E-state index in [0.717, 1.165) is 6.92 Å². The Labute approximate surface area is 181 Å². The van der Waals surface area contributed by atoms with Crippen LogP contribution in [0.1, 0.15) is 48.1 Å². The van der Waals surface area contributed by atoms with Crippen molar-refractivity contribution in [3.8, 4) is 0 Å². The Hall–Kier alpha value is -3.04. The molecule has 1 unspecified atom stereocenters. The van der Waals surface area contributed by atoms with Gasteiger partial charge in [0.1, 0.15) is 0 Å². The first-order valence-electron chi connectivity index (χ1n) is 10.2. The molecule has 1 aliphatic carbocycles. The molecule has 3 aromatic heterocycles. The summed E-state index contributed by atoms with van der Waals surface area (Å²) >= 11 is 0. The van der Waals surface area contributed by atoms with E-state index in [-0.39, 0.29) is 11.5 Å². The van der Waals surface area contributed by atoms with Gasteiger partial charge in [0.25, 0.3) is 5.92 Å². The van der Waals surface area contributed by atoms with Crippen LogP contribution in [0.15, 0.2) is 37.3 Å². The molecule has 1 saturated carbocycles. The highest BCUT2D eigenvalue weighted by atomic mass is 19.4. The minimum atomic E-state index is -4.39.